The van der Waals surface area contributed by atoms with E-state index in [0.717, 1.165) is 34.1 Å². The van der Waals surface area contributed by atoms with Crippen LogP contribution in [0.25, 0.3) is 0 Å². The second-order valence-corrected chi connectivity index (χ2v) is 6.11. The first kappa shape index (κ1) is 16.7. The fourth-order valence-corrected chi connectivity index (χ4v) is 2.88. The van der Waals surface area contributed by atoms with Crippen molar-refractivity contribution in [3.05, 3.63) is 32.9 Å². The minimum Gasteiger partial charge on any atom is -0.348 e. The smallest absolute Gasteiger partial charge is 0.252 e. The molecule has 1 aromatic carbocycles. The average Bonchev–Trinajstić information content (AvgIpc) is 2.35. The zero-order valence-electron chi connectivity index (χ0n) is 11.2. The van der Waals surface area contributed by atoms with Crippen LogP contribution in [0.1, 0.15) is 35.7 Å². The molecule has 0 bridgehead atoms. The molecule has 2 N–H and O–H groups in total. The summed E-state index contributed by atoms with van der Waals surface area (Å²) in [7, 11) is 0. The van der Waals surface area contributed by atoms with Gasteiger partial charge in [-0.05, 0) is 68.0 Å². The Balaban J connectivity index is 0.00000180. The molecule has 1 heterocycles. The third kappa shape index (κ3) is 4.33. The number of aryl methyl sites for hydroxylation is 1. The number of benzene rings is 1. The number of carbonyl (C=O) groups excluding carboxylic acids is 1. The molecule has 0 aromatic heterocycles. The number of piperidine rings is 1. The van der Waals surface area contributed by atoms with E-state index in [9.17, 15) is 4.79 Å². The van der Waals surface area contributed by atoms with Gasteiger partial charge in [0.25, 0.3) is 5.91 Å². The van der Waals surface area contributed by atoms with Gasteiger partial charge in [-0.25, -0.2) is 0 Å². The normalized spacial score (nSPS) is 22.5. The lowest BCUT2D eigenvalue weighted by Crippen LogP contribution is -2.52. The Morgan fingerprint density at radius 1 is 1.47 bits per heavy atom. The summed E-state index contributed by atoms with van der Waals surface area (Å²) in [4.78, 5) is 12.3. The van der Waals surface area contributed by atoms with Crippen LogP contribution in [-0.4, -0.2) is 24.5 Å². The zero-order valence-corrected chi connectivity index (χ0v) is 14.2. The first-order valence-corrected chi connectivity index (χ1v) is 7.46. The van der Waals surface area contributed by atoms with E-state index in [1.165, 1.54) is 0 Å². The van der Waals surface area contributed by atoms with E-state index in [0.29, 0.717) is 6.04 Å². The highest BCUT2D eigenvalue weighted by molar-refractivity contribution is 14.1. The van der Waals surface area contributed by atoms with Gasteiger partial charge >= 0.3 is 0 Å². The molecule has 0 aliphatic carbocycles. The van der Waals surface area contributed by atoms with Gasteiger partial charge in [0.2, 0.25) is 0 Å². The van der Waals surface area contributed by atoms with Crippen LogP contribution in [-0.2, 0) is 0 Å². The van der Waals surface area contributed by atoms with E-state index in [2.05, 4.69) is 40.1 Å². The summed E-state index contributed by atoms with van der Waals surface area (Å²) in [6.07, 6.45) is 2.18. The molecule has 1 saturated heterocycles. The molecule has 106 valence electrons. The first-order valence-electron chi connectivity index (χ1n) is 6.38. The number of carbonyl (C=O) groups is 1. The number of rotatable bonds is 2. The van der Waals surface area contributed by atoms with Crippen molar-refractivity contribution in [2.75, 3.05) is 6.54 Å². The van der Waals surface area contributed by atoms with Gasteiger partial charge in [0.1, 0.15) is 0 Å². The third-order valence-electron chi connectivity index (χ3n) is 3.44. The quantitative estimate of drug-likeness (QED) is 0.757. The van der Waals surface area contributed by atoms with Crippen LogP contribution in [0.5, 0.6) is 0 Å². The molecule has 2 rings (SSSR count). The van der Waals surface area contributed by atoms with Crippen molar-refractivity contribution in [2.45, 2.75) is 38.8 Å². The van der Waals surface area contributed by atoms with Crippen LogP contribution in [0.3, 0.4) is 0 Å². The molecule has 3 nitrogen and oxygen atoms in total. The molecular weight excluding hydrogens is 375 g/mol. The molecule has 5 heteroatoms. The van der Waals surface area contributed by atoms with E-state index in [1.807, 2.05) is 25.1 Å². The summed E-state index contributed by atoms with van der Waals surface area (Å²) in [6.45, 7) is 5.19. The standard InChI is InChI=1S/C14H19IN2O.ClH/c1-9-5-6-12(15)11(8-9)14(18)17-13-4-3-7-16-10(13)2;/h5-6,8,10,13,16H,3-4,7H2,1-2H3,(H,17,18);1H. The predicted molar refractivity (Wildman–Crippen MR) is 89.1 cm³/mol. The molecule has 1 aromatic rings. The lowest BCUT2D eigenvalue weighted by molar-refractivity contribution is 0.0919. The van der Waals surface area contributed by atoms with E-state index in [1.54, 1.807) is 0 Å². The molecule has 1 aliphatic rings. The Labute approximate surface area is 134 Å². The summed E-state index contributed by atoms with van der Waals surface area (Å²) < 4.78 is 1.01. The van der Waals surface area contributed by atoms with Gasteiger partial charge in [-0.3, -0.25) is 4.79 Å². The average molecular weight is 395 g/mol. The van der Waals surface area contributed by atoms with Crippen molar-refractivity contribution in [1.29, 1.82) is 0 Å². The summed E-state index contributed by atoms with van der Waals surface area (Å²) in [5, 5.41) is 6.54. The van der Waals surface area contributed by atoms with Gasteiger partial charge in [0.05, 0.1) is 5.56 Å². The van der Waals surface area contributed by atoms with Crippen molar-refractivity contribution in [1.82, 2.24) is 10.6 Å². The van der Waals surface area contributed by atoms with Gasteiger partial charge in [-0.1, -0.05) is 11.6 Å². The highest BCUT2D eigenvalue weighted by Gasteiger charge is 2.23. The van der Waals surface area contributed by atoms with Gasteiger partial charge in [0, 0.05) is 15.7 Å². The van der Waals surface area contributed by atoms with E-state index < -0.39 is 0 Å². The molecule has 1 fully saturated rings. The summed E-state index contributed by atoms with van der Waals surface area (Å²) >= 11 is 2.22. The molecular formula is C14H20ClIN2O. The number of hydrogen-bond donors (Lipinski definition) is 2. The summed E-state index contributed by atoms with van der Waals surface area (Å²) in [5.74, 6) is 0.0450. The van der Waals surface area contributed by atoms with Crippen molar-refractivity contribution in [2.24, 2.45) is 0 Å². The van der Waals surface area contributed by atoms with Crippen LogP contribution in [0.15, 0.2) is 18.2 Å². The minimum atomic E-state index is 0. The number of amides is 1. The van der Waals surface area contributed by atoms with Gasteiger partial charge in [0.15, 0.2) is 0 Å². The number of halogens is 2. The van der Waals surface area contributed by atoms with Crippen molar-refractivity contribution in [3.63, 3.8) is 0 Å². The monoisotopic (exact) mass is 394 g/mol. The first-order chi connectivity index (χ1) is 8.58. The molecule has 0 radical (unpaired) electrons. The topological polar surface area (TPSA) is 41.1 Å². The van der Waals surface area contributed by atoms with Crippen molar-refractivity contribution < 1.29 is 4.79 Å². The largest absolute Gasteiger partial charge is 0.348 e. The van der Waals surface area contributed by atoms with E-state index >= 15 is 0 Å². The second-order valence-electron chi connectivity index (χ2n) is 4.95. The maximum absolute atomic E-state index is 12.3. The van der Waals surface area contributed by atoms with E-state index in [4.69, 9.17) is 0 Å². The highest BCUT2D eigenvalue weighted by atomic mass is 127. The van der Waals surface area contributed by atoms with Crippen molar-refractivity contribution >= 4 is 40.9 Å². The van der Waals surface area contributed by atoms with Crippen LogP contribution < -0.4 is 10.6 Å². The molecule has 1 aliphatic heterocycles. The van der Waals surface area contributed by atoms with Crippen LogP contribution >= 0.6 is 35.0 Å². The zero-order chi connectivity index (χ0) is 13.1. The van der Waals surface area contributed by atoms with Crippen LogP contribution in [0, 0.1) is 10.5 Å². The highest BCUT2D eigenvalue weighted by Crippen LogP contribution is 2.15. The SMILES string of the molecule is Cc1ccc(I)c(C(=O)NC2CCCNC2C)c1.Cl. The van der Waals surface area contributed by atoms with Crippen LogP contribution in [0.2, 0.25) is 0 Å². The maximum atomic E-state index is 12.3. The van der Waals surface area contributed by atoms with Crippen LogP contribution in [0.4, 0.5) is 0 Å². The molecule has 0 saturated carbocycles. The second kappa shape index (κ2) is 7.45. The third-order valence-corrected chi connectivity index (χ3v) is 4.39. The Morgan fingerprint density at radius 3 is 2.89 bits per heavy atom. The van der Waals surface area contributed by atoms with E-state index in [-0.39, 0.29) is 24.4 Å². The Kier molecular flexibility index (Phi) is 6.56. The maximum Gasteiger partial charge on any atom is 0.252 e. The fraction of sp³-hybridized carbons (Fsp3) is 0.500. The van der Waals surface area contributed by atoms with Gasteiger partial charge in [-0.2, -0.15) is 0 Å². The summed E-state index contributed by atoms with van der Waals surface area (Å²) in [6, 6.07) is 6.57. The number of hydrogen-bond acceptors (Lipinski definition) is 2. The minimum absolute atomic E-state index is 0. The Hall–Kier alpha value is -0.330. The molecule has 0 spiro atoms. The lowest BCUT2D eigenvalue weighted by atomic mass is 9.99. The molecule has 2 atom stereocenters. The lowest BCUT2D eigenvalue weighted by Gasteiger charge is -2.30. The Morgan fingerprint density at radius 2 is 2.21 bits per heavy atom. The van der Waals surface area contributed by atoms with Gasteiger partial charge < -0.3 is 10.6 Å². The Bertz CT molecular complexity index is 453. The molecule has 2 unspecified atom stereocenters. The molecule has 19 heavy (non-hydrogen) atoms. The summed E-state index contributed by atoms with van der Waals surface area (Å²) in [5.41, 5.74) is 1.91. The van der Waals surface area contributed by atoms with Gasteiger partial charge in [-0.15, -0.1) is 12.4 Å². The van der Waals surface area contributed by atoms with Crippen molar-refractivity contribution in [3.8, 4) is 0 Å². The fourth-order valence-electron chi connectivity index (χ4n) is 2.30. The number of nitrogens with one attached hydrogen (secondary N) is 2. The molecule has 1 amide bonds. The predicted octanol–water partition coefficient (Wildman–Crippen LogP) is 2.89.